The molecule has 0 amide bonds. The molecule has 9 rings (SSSR count). The Morgan fingerprint density at radius 1 is 0.661 bits per heavy atom. The first-order chi connectivity index (χ1) is 30.1. The van der Waals surface area contributed by atoms with Crippen molar-refractivity contribution in [2.75, 3.05) is 39.5 Å². The standard InChI is InChI=1S/C46H42Cl5N5O6/c47-34-5-3-31(4-6-34)2-1-14-54-15-11-32-18-43(57-23-37-25-59-45(61-37,27-55-16-12-52-29-55)39-9-7-35(48)20-41(39)50)44(19-33(32)22-54)58-24-38-26-60-46(62-38,28-56-17-13-53-30-56)40-10-8-36(49)21-42(40)51/h1-10,12-13,16-21,29-30,37-38H,11,14-15,22-28H2/b2-1+/t37?,38-,45?,46-/m1/s1. The molecule has 4 atom stereocenters. The van der Waals surface area contributed by atoms with Crippen LogP contribution in [-0.2, 0) is 56.6 Å². The fourth-order valence-corrected chi connectivity index (χ4v) is 9.26. The van der Waals surface area contributed by atoms with Crippen LogP contribution in [0, 0.1) is 0 Å². The van der Waals surface area contributed by atoms with Gasteiger partial charge < -0.3 is 37.6 Å². The van der Waals surface area contributed by atoms with Crippen LogP contribution >= 0.6 is 58.0 Å². The van der Waals surface area contributed by atoms with Gasteiger partial charge in [0.1, 0.15) is 25.4 Å². The first-order valence-electron chi connectivity index (χ1n) is 20.1. The molecular formula is C46H42Cl5N5O6. The fourth-order valence-electron chi connectivity index (χ4n) is 8.03. The van der Waals surface area contributed by atoms with Crippen molar-refractivity contribution >= 4 is 64.1 Å². The number of fused-ring (bicyclic) bond motifs is 1. The average Bonchev–Trinajstić information content (AvgIpc) is 4.10. The number of hydrogen-bond acceptors (Lipinski definition) is 9. The first kappa shape index (κ1) is 43.2. The van der Waals surface area contributed by atoms with E-state index in [1.54, 1.807) is 49.3 Å². The van der Waals surface area contributed by atoms with Crippen molar-refractivity contribution in [2.24, 2.45) is 0 Å². The molecule has 2 saturated heterocycles. The van der Waals surface area contributed by atoms with Crippen molar-refractivity contribution in [2.45, 2.75) is 49.8 Å². The third-order valence-electron chi connectivity index (χ3n) is 11.1. The van der Waals surface area contributed by atoms with E-state index < -0.39 is 23.8 Å². The van der Waals surface area contributed by atoms with Crippen LogP contribution in [0.4, 0.5) is 0 Å². The van der Waals surface area contributed by atoms with Gasteiger partial charge in [-0.1, -0.05) is 94.4 Å². The molecule has 2 unspecified atom stereocenters. The largest absolute Gasteiger partial charge is 0.487 e. The molecule has 5 heterocycles. The van der Waals surface area contributed by atoms with Gasteiger partial charge in [-0.25, -0.2) is 9.97 Å². The molecule has 0 radical (unpaired) electrons. The van der Waals surface area contributed by atoms with Gasteiger partial charge in [0.05, 0.1) is 49.0 Å². The number of halogens is 5. The number of ether oxygens (including phenoxy) is 6. The summed E-state index contributed by atoms with van der Waals surface area (Å²) in [5, 5.41) is 2.61. The van der Waals surface area contributed by atoms with Gasteiger partial charge in [0.25, 0.3) is 0 Å². The van der Waals surface area contributed by atoms with E-state index in [1.807, 2.05) is 57.9 Å². The highest BCUT2D eigenvalue weighted by Gasteiger charge is 2.47. The highest BCUT2D eigenvalue weighted by atomic mass is 35.5. The molecular weight excluding hydrogens is 896 g/mol. The lowest BCUT2D eigenvalue weighted by atomic mass is 9.98. The Hall–Kier alpha value is -4.11. The Bertz CT molecular complexity index is 2510. The molecule has 0 spiro atoms. The van der Waals surface area contributed by atoms with Crippen LogP contribution in [0.5, 0.6) is 11.5 Å². The minimum Gasteiger partial charge on any atom is -0.487 e. The van der Waals surface area contributed by atoms with Gasteiger partial charge in [0, 0.05) is 70.6 Å². The summed E-state index contributed by atoms with van der Waals surface area (Å²) in [7, 11) is 0. The van der Waals surface area contributed by atoms with Crippen LogP contribution in [0.25, 0.3) is 6.08 Å². The molecule has 2 fully saturated rings. The van der Waals surface area contributed by atoms with E-state index >= 15 is 0 Å². The molecule has 4 aromatic carbocycles. The van der Waals surface area contributed by atoms with Crippen LogP contribution in [-0.4, -0.2) is 75.7 Å². The number of rotatable bonds is 15. The van der Waals surface area contributed by atoms with E-state index in [2.05, 4.69) is 39.2 Å². The lowest BCUT2D eigenvalue weighted by Crippen LogP contribution is -2.34. The van der Waals surface area contributed by atoms with Crippen LogP contribution in [0.2, 0.25) is 25.1 Å². The van der Waals surface area contributed by atoms with Gasteiger partial charge in [-0.3, -0.25) is 4.90 Å². The van der Waals surface area contributed by atoms with Crippen molar-refractivity contribution in [3.63, 3.8) is 0 Å². The van der Waals surface area contributed by atoms with E-state index in [0.29, 0.717) is 60.8 Å². The van der Waals surface area contributed by atoms with Gasteiger partial charge in [-0.05, 0) is 71.6 Å². The third-order valence-corrected chi connectivity index (χ3v) is 12.4. The molecule has 16 heteroatoms. The lowest BCUT2D eigenvalue weighted by molar-refractivity contribution is -0.189. The Morgan fingerprint density at radius 2 is 1.19 bits per heavy atom. The van der Waals surface area contributed by atoms with E-state index in [0.717, 1.165) is 37.2 Å². The van der Waals surface area contributed by atoms with Crippen LogP contribution < -0.4 is 9.47 Å². The molecule has 11 nitrogen and oxygen atoms in total. The summed E-state index contributed by atoms with van der Waals surface area (Å²) >= 11 is 32.2. The van der Waals surface area contributed by atoms with Crippen LogP contribution in [0.1, 0.15) is 27.8 Å². The maximum absolute atomic E-state index is 6.75. The maximum atomic E-state index is 6.75. The first-order valence-corrected chi connectivity index (χ1v) is 22.0. The normalized spacial score (nSPS) is 22.7. The second-order valence-corrected chi connectivity index (χ2v) is 17.6. The van der Waals surface area contributed by atoms with Gasteiger partial charge in [-0.15, -0.1) is 0 Å². The number of imidazole rings is 2. The fraction of sp³-hybridized carbons (Fsp3) is 0.304. The zero-order chi connectivity index (χ0) is 42.7. The van der Waals surface area contributed by atoms with E-state index in [4.69, 9.17) is 86.4 Å². The molecule has 2 aromatic heterocycles. The average molecular weight is 938 g/mol. The minimum atomic E-state index is -1.21. The van der Waals surface area contributed by atoms with Gasteiger partial charge in [-0.2, -0.15) is 0 Å². The van der Waals surface area contributed by atoms with Crippen molar-refractivity contribution in [3.05, 3.63) is 169 Å². The highest BCUT2D eigenvalue weighted by Crippen LogP contribution is 2.43. The molecule has 322 valence electrons. The van der Waals surface area contributed by atoms with Crippen LogP contribution in [0.15, 0.2) is 116 Å². The monoisotopic (exact) mass is 935 g/mol. The third kappa shape index (κ3) is 9.83. The summed E-state index contributed by atoms with van der Waals surface area (Å²) in [6.07, 6.45) is 14.8. The summed E-state index contributed by atoms with van der Waals surface area (Å²) in [4.78, 5) is 10.8. The molecule has 6 aromatic rings. The molecule has 3 aliphatic heterocycles. The number of hydrogen-bond donors (Lipinski definition) is 0. The summed E-state index contributed by atoms with van der Waals surface area (Å²) in [5.41, 5.74) is 4.76. The number of benzene rings is 4. The summed E-state index contributed by atoms with van der Waals surface area (Å²) in [5.74, 6) is -1.24. The van der Waals surface area contributed by atoms with Crippen molar-refractivity contribution in [3.8, 4) is 11.5 Å². The zero-order valence-corrected chi connectivity index (χ0v) is 37.1. The van der Waals surface area contributed by atoms with E-state index in [-0.39, 0.29) is 26.4 Å². The molecule has 0 saturated carbocycles. The van der Waals surface area contributed by atoms with Gasteiger partial charge >= 0.3 is 0 Å². The topological polar surface area (TPSA) is 94.3 Å². The summed E-state index contributed by atoms with van der Waals surface area (Å²) in [6, 6.07) is 22.5. The van der Waals surface area contributed by atoms with Crippen LogP contribution in [0.3, 0.4) is 0 Å². The summed E-state index contributed by atoms with van der Waals surface area (Å²) < 4.78 is 43.4. The van der Waals surface area contributed by atoms with Gasteiger partial charge in [0.2, 0.25) is 11.6 Å². The number of aromatic nitrogens is 4. The minimum absolute atomic E-state index is 0.172. The molecule has 0 N–H and O–H groups in total. The van der Waals surface area contributed by atoms with E-state index in [1.165, 1.54) is 5.56 Å². The Kier molecular flexibility index (Phi) is 13.2. The smallest absolute Gasteiger partial charge is 0.215 e. The Morgan fingerprint density at radius 3 is 1.71 bits per heavy atom. The van der Waals surface area contributed by atoms with Crippen molar-refractivity contribution < 1.29 is 28.4 Å². The SMILES string of the molecule is Clc1ccc(/C=C/CN2CCc3cc(OCC4COC(Cn5ccnc5)(c5ccc(Cl)cc5Cl)O4)c(OC[C@@H]4CO[C@@](Cn5ccnc5)(c5ccc(Cl)cc5Cl)O4)cc3C2)cc1. The van der Waals surface area contributed by atoms with E-state index in [9.17, 15) is 0 Å². The Labute approximate surface area is 384 Å². The molecule has 0 bridgehead atoms. The van der Waals surface area contributed by atoms with Gasteiger partial charge in [0.15, 0.2) is 11.5 Å². The second-order valence-electron chi connectivity index (χ2n) is 15.5. The van der Waals surface area contributed by atoms with Crippen molar-refractivity contribution in [1.29, 1.82) is 0 Å². The molecule has 0 aliphatic carbocycles. The highest BCUT2D eigenvalue weighted by molar-refractivity contribution is 6.35. The predicted molar refractivity (Wildman–Crippen MR) is 239 cm³/mol. The maximum Gasteiger partial charge on any atom is 0.215 e. The van der Waals surface area contributed by atoms with Crippen molar-refractivity contribution in [1.82, 2.24) is 24.0 Å². The predicted octanol–water partition coefficient (Wildman–Crippen LogP) is 10.1. The Balaban J connectivity index is 0.945. The molecule has 3 aliphatic rings. The second kappa shape index (κ2) is 18.9. The number of nitrogens with zero attached hydrogens (tertiary/aromatic N) is 5. The quantitative estimate of drug-likeness (QED) is 0.0998. The zero-order valence-electron chi connectivity index (χ0n) is 33.3. The summed E-state index contributed by atoms with van der Waals surface area (Å²) in [6.45, 7) is 3.90. The lowest BCUT2D eigenvalue weighted by Gasteiger charge is -2.30. The molecule has 62 heavy (non-hydrogen) atoms.